The second-order valence-electron chi connectivity index (χ2n) is 5.59. The molecule has 0 spiro atoms. The number of carbonyl (C=O) groups excluding carboxylic acids is 1. The number of nitrogens with zero attached hydrogens (tertiary/aromatic N) is 1. The van der Waals surface area contributed by atoms with E-state index in [1.165, 1.54) is 12.1 Å². The molecule has 1 amide bonds. The van der Waals surface area contributed by atoms with Gasteiger partial charge in [0.1, 0.15) is 5.69 Å². The first kappa shape index (κ1) is 17.2. The van der Waals surface area contributed by atoms with Gasteiger partial charge in [-0.3, -0.25) is 19.7 Å². The molecule has 26 heavy (non-hydrogen) atoms. The van der Waals surface area contributed by atoms with E-state index in [4.69, 9.17) is 0 Å². The van der Waals surface area contributed by atoms with Crippen molar-refractivity contribution in [3.05, 3.63) is 80.8 Å². The number of rotatable bonds is 6. The third-order valence-electron chi connectivity index (χ3n) is 3.82. The van der Waals surface area contributed by atoms with E-state index < -0.39 is 4.92 Å². The van der Waals surface area contributed by atoms with Crippen molar-refractivity contribution in [2.45, 2.75) is 0 Å². The third kappa shape index (κ3) is 3.86. The number of nitro groups is 1. The highest BCUT2D eigenvalue weighted by molar-refractivity contribution is 5.96. The number of benzene rings is 2. The number of nitro benzene ring substituents is 1. The Bertz CT molecular complexity index is 1010. The maximum Gasteiger partial charge on any atom is 0.269 e. The smallest absolute Gasteiger partial charge is 0.269 e. The summed E-state index contributed by atoms with van der Waals surface area (Å²) in [5, 5.41) is 17.6. The predicted octanol–water partition coefficient (Wildman–Crippen LogP) is 2.28. The van der Waals surface area contributed by atoms with Crippen LogP contribution >= 0.6 is 0 Å². The molecule has 0 saturated heterocycles. The molecule has 0 atom stereocenters. The number of anilines is 1. The quantitative estimate of drug-likeness (QED) is 0.357. The monoisotopic (exact) mass is 352 g/mol. The number of nitrogens with one attached hydrogen (secondary N) is 3. The van der Waals surface area contributed by atoms with Gasteiger partial charge in [0.05, 0.1) is 4.92 Å². The molecule has 1 heterocycles. The number of non-ortho nitro benzene ring substituents is 1. The lowest BCUT2D eigenvalue weighted by Crippen LogP contribution is -2.30. The van der Waals surface area contributed by atoms with E-state index in [0.29, 0.717) is 29.5 Å². The van der Waals surface area contributed by atoms with Crippen LogP contribution < -0.4 is 16.2 Å². The first-order chi connectivity index (χ1) is 12.5. The van der Waals surface area contributed by atoms with Gasteiger partial charge in [-0.2, -0.15) is 0 Å². The molecule has 0 aliphatic rings. The molecular formula is C18H16N4O4. The molecule has 8 nitrogen and oxygen atoms in total. The molecule has 0 bridgehead atoms. The van der Waals surface area contributed by atoms with E-state index in [0.717, 1.165) is 0 Å². The van der Waals surface area contributed by atoms with Gasteiger partial charge in [-0.25, -0.2) is 0 Å². The molecule has 3 N–H and O–H groups in total. The highest BCUT2D eigenvalue weighted by atomic mass is 16.6. The highest BCUT2D eigenvalue weighted by Crippen LogP contribution is 2.15. The normalized spacial score (nSPS) is 10.5. The van der Waals surface area contributed by atoms with Gasteiger partial charge in [-0.1, -0.05) is 18.2 Å². The Morgan fingerprint density at radius 3 is 2.54 bits per heavy atom. The van der Waals surface area contributed by atoms with Crippen molar-refractivity contribution < 1.29 is 9.72 Å². The lowest BCUT2D eigenvalue weighted by Gasteiger charge is -2.08. The maximum absolute atomic E-state index is 12.2. The van der Waals surface area contributed by atoms with Crippen LogP contribution in [0.25, 0.3) is 10.8 Å². The molecule has 3 aromatic rings. The van der Waals surface area contributed by atoms with Crippen LogP contribution in [0.2, 0.25) is 0 Å². The maximum atomic E-state index is 12.2. The van der Waals surface area contributed by atoms with Crippen molar-refractivity contribution in [2.24, 2.45) is 0 Å². The molecule has 0 unspecified atom stereocenters. The summed E-state index contributed by atoms with van der Waals surface area (Å²) in [5.74, 6) is -0.377. The number of hydrogen-bond donors (Lipinski definition) is 3. The van der Waals surface area contributed by atoms with Crippen LogP contribution in [0.1, 0.15) is 10.5 Å². The summed E-state index contributed by atoms with van der Waals surface area (Å²) in [4.78, 5) is 36.9. The van der Waals surface area contributed by atoms with Gasteiger partial charge < -0.3 is 15.6 Å². The zero-order chi connectivity index (χ0) is 18.5. The van der Waals surface area contributed by atoms with E-state index >= 15 is 0 Å². The zero-order valence-corrected chi connectivity index (χ0v) is 13.7. The minimum absolute atomic E-state index is 0.0177. The molecule has 2 aromatic carbocycles. The predicted molar refractivity (Wildman–Crippen MR) is 98.5 cm³/mol. The fourth-order valence-corrected chi connectivity index (χ4v) is 2.51. The van der Waals surface area contributed by atoms with Gasteiger partial charge in [0.15, 0.2) is 0 Å². The number of aromatic amines is 1. The van der Waals surface area contributed by atoms with Crippen molar-refractivity contribution in [3.63, 3.8) is 0 Å². The summed E-state index contributed by atoms with van der Waals surface area (Å²) in [6.45, 7) is 0.756. The number of H-pyrrole nitrogens is 1. The number of aromatic nitrogens is 1. The van der Waals surface area contributed by atoms with Crippen molar-refractivity contribution >= 4 is 28.1 Å². The summed E-state index contributed by atoms with van der Waals surface area (Å²) in [6.07, 6.45) is 0. The second kappa shape index (κ2) is 7.47. The summed E-state index contributed by atoms with van der Waals surface area (Å²) in [7, 11) is 0. The topological polar surface area (TPSA) is 117 Å². The number of hydrogen-bond acceptors (Lipinski definition) is 5. The lowest BCUT2D eigenvalue weighted by atomic mass is 10.1. The number of pyridine rings is 1. The zero-order valence-electron chi connectivity index (χ0n) is 13.7. The second-order valence-corrected chi connectivity index (χ2v) is 5.59. The Labute approximate surface area is 148 Å². The van der Waals surface area contributed by atoms with Crippen molar-refractivity contribution in [1.82, 2.24) is 10.3 Å². The van der Waals surface area contributed by atoms with Crippen LogP contribution in [0.15, 0.2) is 59.4 Å². The Morgan fingerprint density at radius 1 is 1.08 bits per heavy atom. The standard InChI is InChI=1S/C18H16N4O4/c23-17-15-4-2-1-3-12(15)11-16(21-17)18(24)20-10-9-19-13-5-7-14(8-6-13)22(25)26/h1-8,11,19H,9-10H2,(H,20,24)(H,21,23). The summed E-state index contributed by atoms with van der Waals surface area (Å²) in [5.41, 5.74) is 0.620. The van der Waals surface area contributed by atoms with E-state index in [-0.39, 0.29) is 22.8 Å². The van der Waals surface area contributed by atoms with Gasteiger partial charge >= 0.3 is 0 Å². The van der Waals surface area contributed by atoms with Gasteiger partial charge in [0.2, 0.25) is 0 Å². The van der Waals surface area contributed by atoms with Crippen LogP contribution in [0.4, 0.5) is 11.4 Å². The Balaban J connectivity index is 1.56. The fourth-order valence-electron chi connectivity index (χ4n) is 2.51. The van der Waals surface area contributed by atoms with Crippen molar-refractivity contribution in [3.8, 4) is 0 Å². The molecule has 0 aliphatic heterocycles. The van der Waals surface area contributed by atoms with Gasteiger partial charge in [-0.15, -0.1) is 0 Å². The van der Waals surface area contributed by atoms with Crippen LogP contribution in [-0.4, -0.2) is 28.9 Å². The van der Waals surface area contributed by atoms with E-state index in [2.05, 4.69) is 15.6 Å². The average Bonchev–Trinajstić information content (AvgIpc) is 2.65. The lowest BCUT2D eigenvalue weighted by molar-refractivity contribution is -0.384. The van der Waals surface area contributed by atoms with Crippen LogP contribution in [0, 0.1) is 10.1 Å². The van der Waals surface area contributed by atoms with Crippen LogP contribution in [-0.2, 0) is 0 Å². The van der Waals surface area contributed by atoms with E-state index in [1.807, 2.05) is 0 Å². The first-order valence-electron chi connectivity index (χ1n) is 7.93. The Kier molecular flexibility index (Phi) is 4.93. The Hall–Kier alpha value is -3.68. The van der Waals surface area contributed by atoms with Gasteiger partial charge in [0, 0.05) is 36.3 Å². The summed E-state index contributed by atoms with van der Waals surface area (Å²) < 4.78 is 0. The largest absolute Gasteiger partial charge is 0.383 e. The van der Waals surface area contributed by atoms with Crippen LogP contribution in [0.5, 0.6) is 0 Å². The molecular weight excluding hydrogens is 336 g/mol. The summed E-state index contributed by atoms with van der Waals surface area (Å²) >= 11 is 0. The van der Waals surface area contributed by atoms with Crippen molar-refractivity contribution in [1.29, 1.82) is 0 Å². The van der Waals surface area contributed by atoms with Gasteiger partial charge in [0.25, 0.3) is 17.2 Å². The molecule has 0 fully saturated rings. The third-order valence-corrected chi connectivity index (χ3v) is 3.82. The molecule has 1 aromatic heterocycles. The minimum atomic E-state index is -0.464. The molecule has 132 valence electrons. The number of amides is 1. The van der Waals surface area contributed by atoms with Crippen LogP contribution in [0.3, 0.4) is 0 Å². The highest BCUT2D eigenvalue weighted by Gasteiger charge is 2.09. The van der Waals surface area contributed by atoms with E-state index in [9.17, 15) is 19.7 Å². The molecule has 0 saturated carbocycles. The first-order valence-corrected chi connectivity index (χ1v) is 7.93. The Morgan fingerprint density at radius 2 is 1.81 bits per heavy atom. The minimum Gasteiger partial charge on any atom is -0.383 e. The van der Waals surface area contributed by atoms with E-state index in [1.54, 1.807) is 42.5 Å². The molecule has 3 rings (SSSR count). The fraction of sp³-hybridized carbons (Fsp3) is 0.111. The van der Waals surface area contributed by atoms with Gasteiger partial charge in [-0.05, 0) is 29.7 Å². The molecule has 0 radical (unpaired) electrons. The average molecular weight is 352 g/mol. The molecule has 0 aliphatic carbocycles. The SMILES string of the molecule is O=C(NCCNc1ccc([N+](=O)[O-])cc1)c1cc2ccccc2c(=O)[nH]1. The number of fused-ring (bicyclic) bond motifs is 1. The summed E-state index contributed by atoms with van der Waals surface area (Å²) in [6, 6.07) is 14.7. The number of carbonyl (C=O) groups is 1. The molecule has 8 heteroatoms. The van der Waals surface area contributed by atoms with Crippen molar-refractivity contribution in [2.75, 3.05) is 18.4 Å².